The molecule has 0 spiro atoms. The summed E-state index contributed by atoms with van der Waals surface area (Å²) < 4.78 is 0. The Morgan fingerprint density at radius 3 is 2.25 bits per heavy atom. The molecule has 0 radical (unpaired) electrons. The molecule has 0 aromatic carbocycles. The molecule has 3 N–H and O–H groups in total. The van der Waals surface area contributed by atoms with Crippen LogP contribution in [0.2, 0.25) is 0 Å². The van der Waals surface area contributed by atoms with Crippen molar-refractivity contribution in [3.05, 3.63) is 0 Å². The van der Waals surface area contributed by atoms with E-state index in [2.05, 4.69) is 15.6 Å². The Morgan fingerprint density at radius 2 is 1.75 bits per heavy atom. The van der Waals surface area contributed by atoms with Gasteiger partial charge in [-0.25, -0.2) is 0 Å². The van der Waals surface area contributed by atoms with Crippen molar-refractivity contribution < 1.29 is 14.7 Å². The third-order valence-electron chi connectivity index (χ3n) is 3.24. The maximum Gasteiger partial charge on any atom is 0.316 e. The van der Waals surface area contributed by atoms with Crippen molar-refractivity contribution in [2.75, 3.05) is 13.2 Å². The third-order valence-corrected chi connectivity index (χ3v) is 3.24. The van der Waals surface area contributed by atoms with Crippen LogP contribution in [-0.2, 0) is 9.59 Å². The van der Waals surface area contributed by atoms with Gasteiger partial charge in [0.05, 0.1) is 13.2 Å². The van der Waals surface area contributed by atoms with E-state index in [1.165, 1.54) is 0 Å². The van der Waals surface area contributed by atoms with Crippen molar-refractivity contribution in [1.29, 1.82) is 0 Å². The van der Waals surface area contributed by atoms with Crippen LogP contribution in [0.1, 0.15) is 25.7 Å². The molecular weight excluding hydrogens is 210 g/mol. The number of aliphatic hydroxyl groups is 1. The van der Waals surface area contributed by atoms with Crippen molar-refractivity contribution in [3.63, 3.8) is 0 Å². The minimum Gasteiger partial charge on any atom is -0.396 e. The van der Waals surface area contributed by atoms with Crippen LogP contribution in [0.4, 0.5) is 0 Å². The lowest BCUT2D eigenvalue weighted by atomic mass is 9.87. The van der Waals surface area contributed by atoms with E-state index in [4.69, 9.17) is 0 Å². The van der Waals surface area contributed by atoms with Gasteiger partial charge in [0.25, 0.3) is 0 Å². The molecule has 1 aliphatic carbocycles. The lowest BCUT2D eigenvalue weighted by Gasteiger charge is -2.23. The van der Waals surface area contributed by atoms with Gasteiger partial charge in [0.2, 0.25) is 5.96 Å². The summed E-state index contributed by atoms with van der Waals surface area (Å²) in [6, 6.07) is 0. The van der Waals surface area contributed by atoms with E-state index < -0.39 is 11.8 Å². The molecule has 1 aliphatic heterocycles. The van der Waals surface area contributed by atoms with E-state index in [0.29, 0.717) is 6.54 Å². The van der Waals surface area contributed by atoms with Crippen LogP contribution in [-0.4, -0.2) is 36.0 Å². The number of guanidine groups is 1. The van der Waals surface area contributed by atoms with Gasteiger partial charge in [0, 0.05) is 5.41 Å². The number of hydrogen-bond acceptors (Lipinski definition) is 4. The number of carbonyl (C=O) groups excluding carboxylic acids is 2. The van der Waals surface area contributed by atoms with Crippen LogP contribution in [0.5, 0.6) is 0 Å². The molecule has 1 saturated heterocycles. The topological polar surface area (TPSA) is 90.8 Å². The fraction of sp³-hybridized carbons (Fsp3) is 0.700. The second-order valence-corrected chi connectivity index (χ2v) is 4.44. The van der Waals surface area contributed by atoms with Crippen LogP contribution in [0.15, 0.2) is 4.99 Å². The Morgan fingerprint density at radius 1 is 1.19 bits per heavy atom. The van der Waals surface area contributed by atoms with Crippen LogP contribution in [0.3, 0.4) is 0 Å². The van der Waals surface area contributed by atoms with Gasteiger partial charge in [-0.2, -0.15) is 0 Å². The number of carbonyl (C=O) groups is 2. The summed E-state index contributed by atoms with van der Waals surface area (Å²) in [5.74, 6) is -1.15. The molecular formula is C10H15N3O3. The van der Waals surface area contributed by atoms with Crippen molar-refractivity contribution in [2.45, 2.75) is 25.7 Å². The first kappa shape index (κ1) is 11.1. The van der Waals surface area contributed by atoms with Crippen molar-refractivity contribution in [3.8, 4) is 0 Å². The van der Waals surface area contributed by atoms with E-state index in [-0.39, 0.29) is 18.0 Å². The van der Waals surface area contributed by atoms with Crippen LogP contribution in [0.25, 0.3) is 0 Å². The van der Waals surface area contributed by atoms with E-state index in [1.807, 2.05) is 0 Å². The molecule has 0 aromatic heterocycles. The van der Waals surface area contributed by atoms with Gasteiger partial charge in [0.1, 0.15) is 0 Å². The van der Waals surface area contributed by atoms with Crippen molar-refractivity contribution >= 4 is 17.8 Å². The second kappa shape index (κ2) is 4.21. The van der Waals surface area contributed by atoms with Crippen LogP contribution in [0, 0.1) is 5.41 Å². The van der Waals surface area contributed by atoms with E-state index in [0.717, 1.165) is 25.7 Å². The Hall–Kier alpha value is -1.43. The summed E-state index contributed by atoms with van der Waals surface area (Å²) in [4.78, 5) is 25.9. The van der Waals surface area contributed by atoms with Gasteiger partial charge in [-0.15, -0.1) is 0 Å². The number of nitrogens with one attached hydrogen (secondary N) is 2. The zero-order valence-corrected chi connectivity index (χ0v) is 8.95. The standard InChI is InChI=1S/C10H15N3O3/c14-6-10(3-1-2-4-10)5-11-9-12-7(15)8(16)13-9/h14H,1-6H2,(H2,11,12,13,15,16). The molecule has 0 unspecified atom stereocenters. The fourth-order valence-electron chi connectivity index (χ4n) is 2.18. The molecule has 88 valence electrons. The van der Waals surface area contributed by atoms with Crippen LogP contribution >= 0.6 is 0 Å². The number of hydrogen-bond donors (Lipinski definition) is 3. The van der Waals surface area contributed by atoms with Gasteiger partial charge in [-0.1, -0.05) is 12.8 Å². The lowest BCUT2D eigenvalue weighted by molar-refractivity contribution is -0.135. The minimum atomic E-state index is -0.678. The molecule has 1 heterocycles. The molecule has 16 heavy (non-hydrogen) atoms. The number of aliphatic hydroxyl groups excluding tert-OH is 1. The molecule has 6 heteroatoms. The highest BCUT2D eigenvalue weighted by atomic mass is 16.3. The maximum absolute atomic E-state index is 10.9. The number of aliphatic imine (C=N–C) groups is 1. The first-order valence-corrected chi connectivity index (χ1v) is 5.43. The fourth-order valence-corrected chi connectivity index (χ4v) is 2.18. The van der Waals surface area contributed by atoms with E-state index in [9.17, 15) is 14.7 Å². The third kappa shape index (κ3) is 2.06. The van der Waals surface area contributed by atoms with Gasteiger partial charge in [-0.3, -0.25) is 25.2 Å². The predicted octanol–water partition coefficient (Wildman–Crippen LogP) is -0.859. The molecule has 6 nitrogen and oxygen atoms in total. The zero-order valence-electron chi connectivity index (χ0n) is 8.95. The predicted molar refractivity (Wildman–Crippen MR) is 56.6 cm³/mol. The average molecular weight is 225 g/mol. The highest BCUT2D eigenvalue weighted by molar-refractivity contribution is 6.45. The molecule has 2 fully saturated rings. The quantitative estimate of drug-likeness (QED) is 0.546. The zero-order chi connectivity index (χ0) is 11.6. The molecule has 1 saturated carbocycles. The number of rotatable bonds is 3. The summed E-state index contributed by atoms with van der Waals surface area (Å²) >= 11 is 0. The number of amides is 2. The van der Waals surface area contributed by atoms with Gasteiger partial charge >= 0.3 is 11.8 Å². The Bertz CT molecular complexity index is 327. The van der Waals surface area contributed by atoms with Crippen molar-refractivity contribution in [2.24, 2.45) is 10.4 Å². The van der Waals surface area contributed by atoms with Gasteiger partial charge in [0.15, 0.2) is 0 Å². The summed E-state index contributed by atoms with van der Waals surface area (Å²) in [5, 5.41) is 14.0. The normalized spacial score (nSPS) is 23.2. The van der Waals surface area contributed by atoms with Crippen LogP contribution < -0.4 is 10.6 Å². The Labute approximate surface area is 93.1 Å². The monoisotopic (exact) mass is 225 g/mol. The first-order valence-electron chi connectivity index (χ1n) is 5.43. The number of nitrogens with zero attached hydrogens (tertiary/aromatic N) is 1. The maximum atomic E-state index is 10.9. The van der Waals surface area contributed by atoms with Crippen molar-refractivity contribution in [1.82, 2.24) is 10.6 Å². The summed E-state index contributed by atoms with van der Waals surface area (Å²) in [6.07, 6.45) is 4.10. The minimum absolute atomic E-state index is 0.103. The highest BCUT2D eigenvalue weighted by Crippen LogP contribution is 2.37. The van der Waals surface area contributed by atoms with E-state index >= 15 is 0 Å². The SMILES string of the molecule is O=C1NC(=NCC2(CO)CCCC2)NC1=O. The Kier molecular flexibility index (Phi) is 2.91. The Balaban J connectivity index is 1.98. The molecule has 0 atom stereocenters. The smallest absolute Gasteiger partial charge is 0.316 e. The van der Waals surface area contributed by atoms with Gasteiger partial charge < -0.3 is 5.11 Å². The first-order chi connectivity index (χ1) is 7.65. The lowest BCUT2D eigenvalue weighted by Crippen LogP contribution is -2.30. The summed E-state index contributed by atoms with van der Waals surface area (Å²) in [7, 11) is 0. The summed E-state index contributed by atoms with van der Waals surface area (Å²) in [5.41, 5.74) is -0.162. The molecule has 0 aromatic rings. The molecule has 0 bridgehead atoms. The highest BCUT2D eigenvalue weighted by Gasteiger charge is 2.34. The van der Waals surface area contributed by atoms with Gasteiger partial charge in [-0.05, 0) is 12.8 Å². The summed E-state index contributed by atoms with van der Waals surface area (Å²) in [6.45, 7) is 0.547. The molecule has 2 aliphatic rings. The second-order valence-electron chi connectivity index (χ2n) is 4.44. The largest absolute Gasteiger partial charge is 0.396 e. The average Bonchev–Trinajstić information content (AvgIpc) is 2.85. The molecule has 2 rings (SSSR count). The van der Waals surface area contributed by atoms with E-state index in [1.54, 1.807) is 0 Å². The molecule has 2 amide bonds.